The van der Waals surface area contributed by atoms with Crippen LogP contribution in [-0.2, 0) is 10.2 Å². The van der Waals surface area contributed by atoms with Crippen molar-refractivity contribution < 1.29 is 14.6 Å². The van der Waals surface area contributed by atoms with E-state index in [0.29, 0.717) is 12.5 Å². The number of aliphatic hydroxyl groups is 1. The summed E-state index contributed by atoms with van der Waals surface area (Å²) in [5.41, 5.74) is 2.91. The second-order valence-electron chi connectivity index (χ2n) is 6.91. The molecule has 0 fully saturated rings. The zero-order valence-electron chi connectivity index (χ0n) is 14.3. The van der Waals surface area contributed by atoms with Crippen molar-refractivity contribution in [2.75, 3.05) is 26.8 Å². The summed E-state index contributed by atoms with van der Waals surface area (Å²) >= 11 is 0. The van der Waals surface area contributed by atoms with Crippen molar-refractivity contribution in [1.29, 1.82) is 0 Å². The smallest absolute Gasteiger partial charge is 0.314 e. The first-order valence-corrected chi connectivity index (χ1v) is 8.22. The van der Waals surface area contributed by atoms with Crippen LogP contribution >= 0.6 is 0 Å². The zero-order chi connectivity index (χ0) is 16.9. The van der Waals surface area contributed by atoms with Crippen molar-refractivity contribution in [3.8, 4) is 0 Å². The summed E-state index contributed by atoms with van der Waals surface area (Å²) < 4.78 is 4.83. The van der Waals surface area contributed by atoms with E-state index in [1.807, 2.05) is 0 Å². The molecule has 1 aromatic rings. The maximum atomic E-state index is 11.9. The molecule has 3 N–H and O–H groups in total. The number of urea groups is 1. The standard InChI is InChI=1S/C18H28N2O3/c1-18(2)9-8-13(15-6-4-5-7-16(15)18)10-19-17(22)20-11-14(21)12-23-3/h4-7,13-14,21H,8-12H2,1-3H3,(H2,19,20,22). The largest absolute Gasteiger partial charge is 0.389 e. The third-order valence-electron chi connectivity index (χ3n) is 4.61. The Balaban J connectivity index is 1.88. The van der Waals surface area contributed by atoms with Gasteiger partial charge in [-0.05, 0) is 29.4 Å². The van der Waals surface area contributed by atoms with Gasteiger partial charge in [0.2, 0.25) is 0 Å². The Morgan fingerprint density at radius 2 is 2.13 bits per heavy atom. The highest BCUT2D eigenvalue weighted by Gasteiger charge is 2.32. The number of rotatable bonds is 6. The van der Waals surface area contributed by atoms with Crippen molar-refractivity contribution in [2.24, 2.45) is 0 Å². The lowest BCUT2D eigenvalue weighted by molar-refractivity contribution is 0.0659. The molecule has 0 radical (unpaired) electrons. The second kappa shape index (κ2) is 7.79. The molecular weight excluding hydrogens is 292 g/mol. The van der Waals surface area contributed by atoms with Gasteiger partial charge in [-0.25, -0.2) is 4.79 Å². The predicted molar refractivity (Wildman–Crippen MR) is 90.7 cm³/mol. The number of carbonyl (C=O) groups excluding carboxylic acids is 1. The number of carbonyl (C=O) groups is 1. The van der Waals surface area contributed by atoms with Crippen LogP contribution in [0.2, 0.25) is 0 Å². The summed E-state index contributed by atoms with van der Waals surface area (Å²) in [6, 6.07) is 8.27. The first kappa shape index (κ1) is 17.8. The van der Waals surface area contributed by atoms with Crippen molar-refractivity contribution in [2.45, 2.75) is 44.1 Å². The minimum absolute atomic E-state index is 0.188. The van der Waals surface area contributed by atoms with Gasteiger partial charge in [0.05, 0.1) is 12.7 Å². The van der Waals surface area contributed by atoms with E-state index in [1.54, 1.807) is 0 Å². The molecule has 0 heterocycles. The van der Waals surface area contributed by atoms with Crippen LogP contribution in [0.4, 0.5) is 4.79 Å². The molecule has 1 aliphatic carbocycles. The van der Waals surface area contributed by atoms with E-state index in [2.05, 4.69) is 48.7 Å². The Hall–Kier alpha value is -1.59. The molecule has 5 nitrogen and oxygen atoms in total. The van der Waals surface area contributed by atoms with E-state index in [4.69, 9.17) is 4.74 Å². The van der Waals surface area contributed by atoms with Gasteiger partial charge < -0.3 is 20.5 Å². The first-order chi connectivity index (χ1) is 10.9. The molecule has 2 amide bonds. The van der Waals surface area contributed by atoms with Gasteiger partial charge in [-0.2, -0.15) is 0 Å². The molecule has 2 rings (SSSR count). The Morgan fingerprint density at radius 1 is 1.39 bits per heavy atom. The monoisotopic (exact) mass is 320 g/mol. The lowest BCUT2D eigenvalue weighted by Crippen LogP contribution is -2.43. The van der Waals surface area contributed by atoms with Crippen LogP contribution in [0.3, 0.4) is 0 Å². The third-order valence-corrected chi connectivity index (χ3v) is 4.61. The lowest BCUT2D eigenvalue weighted by atomic mass is 9.69. The SMILES string of the molecule is COCC(O)CNC(=O)NCC1CCC(C)(C)c2ccccc21. The number of fused-ring (bicyclic) bond motifs is 1. The molecule has 0 saturated heterocycles. The number of methoxy groups -OCH3 is 1. The van der Waals surface area contributed by atoms with Crippen molar-refractivity contribution in [1.82, 2.24) is 10.6 Å². The van der Waals surface area contributed by atoms with Gasteiger partial charge >= 0.3 is 6.03 Å². The van der Waals surface area contributed by atoms with Gasteiger partial charge in [-0.3, -0.25) is 0 Å². The van der Waals surface area contributed by atoms with E-state index >= 15 is 0 Å². The number of ether oxygens (including phenoxy) is 1. The highest BCUT2D eigenvalue weighted by atomic mass is 16.5. The molecule has 5 heteroatoms. The highest BCUT2D eigenvalue weighted by molar-refractivity contribution is 5.73. The number of hydrogen-bond donors (Lipinski definition) is 3. The van der Waals surface area contributed by atoms with Crippen molar-refractivity contribution >= 4 is 6.03 Å². The van der Waals surface area contributed by atoms with E-state index in [-0.39, 0.29) is 24.6 Å². The molecule has 2 unspecified atom stereocenters. The first-order valence-electron chi connectivity index (χ1n) is 8.22. The van der Waals surface area contributed by atoms with Gasteiger partial charge in [0.25, 0.3) is 0 Å². The Bertz CT molecular complexity index is 531. The van der Waals surface area contributed by atoms with Crippen LogP contribution in [0.5, 0.6) is 0 Å². The van der Waals surface area contributed by atoms with Gasteiger partial charge in [-0.15, -0.1) is 0 Å². The summed E-state index contributed by atoms with van der Waals surface area (Å²) in [4.78, 5) is 11.9. The average Bonchev–Trinajstić information content (AvgIpc) is 2.53. The number of benzene rings is 1. The molecular formula is C18H28N2O3. The highest BCUT2D eigenvalue weighted by Crippen LogP contribution is 2.42. The number of hydrogen-bond acceptors (Lipinski definition) is 3. The molecule has 0 bridgehead atoms. The summed E-state index contributed by atoms with van der Waals surface area (Å²) in [5, 5.41) is 15.1. The van der Waals surface area contributed by atoms with E-state index < -0.39 is 6.10 Å². The van der Waals surface area contributed by atoms with Crippen LogP contribution in [0.15, 0.2) is 24.3 Å². The maximum Gasteiger partial charge on any atom is 0.314 e. The topological polar surface area (TPSA) is 70.6 Å². The fourth-order valence-corrected chi connectivity index (χ4v) is 3.25. The Kier molecular flexibility index (Phi) is 6.02. The fraction of sp³-hybridized carbons (Fsp3) is 0.611. The number of aliphatic hydroxyl groups excluding tert-OH is 1. The van der Waals surface area contributed by atoms with Crippen LogP contribution in [-0.4, -0.2) is 44.0 Å². The minimum Gasteiger partial charge on any atom is -0.389 e. The second-order valence-corrected chi connectivity index (χ2v) is 6.91. The summed E-state index contributed by atoms with van der Waals surface area (Å²) in [7, 11) is 1.52. The Labute approximate surface area is 138 Å². The summed E-state index contributed by atoms with van der Waals surface area (Å²) in [6.07, 6.45) is 1.50. The van der Waals surface area contributed by atoms with Gasteiger partial charge in [-0.1, -0.05) is 38.1 Å². The summed E-state index contributed by atoms with van der Waals surface area (Å²) in [5.74, 6) is 0.342. The van der Waals surface area contributed by atoms with Crippen molar-refractivity contribution in [3.05, 3.63) is 35.4 Å². The molecule has 0 aliphatic heterocycles. The van der Waals surface area contributed by atoms with Crippen LogP contribution in [0.1, 0.15) is 43.7 Å². The minimum atomic E-state index is -0.679. The number of amides is 2. The molecule has 128 valence electrons. The van der Waals surface area contributed by atoms with Gasteiger partial charge in [0, 0.05) is 26.1 Å². The molecule has 0 spiro atoms. The van der Waals surface area contributed by atoms with Gasteiger partial charge in [0.15, 0.2) is 0 Å². The molecule has 0 aromatic heterocycles. The van der Waals surface area contributed by atoms with Gasteiger partial charge in [0.1, 0.15) is 0 Å². The average molecular weight is 320 g/mol. The van der Waals surface area contributed by atoms with Crippen LogP contribution in [0.25, 0.3) is 0 Å². The number of nitrogens with one attached hydrogen (secondary N) is 2. The predicted octanol–water partition coefficient (Wildman–Crippen LogP) is 2.15. The molecule has 1 aliphatic rings. The quantitative estimate of drug-likeness (QED) is 0.752. The molecule has 0 saturated carbocycles. The normalized spacial score (nSPS) is 20.4. The Morgan fingerprint density at radius 3 is 2.87 bits per heavy atom. The van der Waals surface area contributed by atoms with E-state index in [0.717, 1.165) is 12.8 Å². The maximum absolute atomic E-state index is 11.9. The molecule has 2 atom stereocenters. The van der Waals surface area contributed by atoms with Crippen LogP contribution in [0, 0.1) is 0 Å². The molecule has 1 aromatic carbocycles. The fourth-order valence-electron chi connectivity index (χ4n) is 3.25. The van der Waals surface area contributed by atoms with Crippen molar-refractivity contribution in [3.63, 3.8) is 0 Å². The zero-order valence-corrected chi connectivity index (χ0v) is 14.3. The van der Waals surface area contributed by atoms with E-state index in [1.165, 1.54) is 18.2 Å². The summed E-state index contributed by atoms with van der Waals surface area (Å²) in [6.45, 7) is 5.57. The van der Waals surface area contributed by atoms with E-state index in [9.17, 15) is 9.90 Å². The molecule has 23 heavy (non-hydrogen) atoms. The lowest BCUT2D eigenvalue weighted by Gasteiger charge is -2.37. The van der Waals surface area contributed by atoms with Crippen LogP contribution < -0.4 is 10.6 Å². The third kappa shape index (κ3) is 4.69.